The zero-order valence-corrected chi connectivity index (χ0v) is 15.8. The van der Waals surface area contributed by atoms with Gasteiger partial charge in [0.1, 0.15) is 11.5 Å². The van der Waals surface area contributed by atoms with E-state index in [2.05, 4.69) is 5.32 Å². The average molecular weight is 354 g/mol. The van der Waals surface area contributed by atoms with Crippen LogP contribution in [0.2, 0.25) is 0 Å². The molecule has 1 saturated heterocycles. The van der Waals surface area contributed by atoms with E-state index in [1.807, 2.05) is 20.8 Å². The number of carbonyl (C=O) groups is 1. The quantitative estimate of drug-likeness (QED) is 0.906. The minimum Gasteiger partial charge on any atom is -0.496 e. The molecule has 0 aliphatic carbocycles. The van der Waals surface area contributed by atoms with Gasteiger partial charge in [0.15, 0.2) is 0 Å². The molecule has 1 heterocycles. The van der Waals surface area contributed by atoms with Crippen LogP contribution in [-0.2, 0) is 10.8 Å². The molecule has 0 aromatic heterocycles. The second-order valence-electron chi connectivity index (χ2n) is 6.48. The molecule has 24 heavy (non-hydrogen) atoms. The third-order valence-corrected chi connectivity index (χ3v) is 6.43. The van der Waals surface area contributed by atoms with Crippen LogP contribution in [-0.4, -0.2) is 52.9 Å². The van der Waals surface area contributed by atoms with Gasteiger partial charge in [0.05, 0.1) is 14.2 Å². The maximum atomic E-state index is 12.6. The molecule has 7 heteroatoms. The number of hydrogen-bond donors (Lipinski definition) is 1. The van der Waals surface area contributed by atoms with E-state index < -0.39 is 10.8 Å². The molecule has 1 aliphatic rings. The minimum atomic E-state index is -0.927. The molecule has 134 valence electrons. The summed E-state index contributed by atoms with van der Waals surface area (Å²) in [6.07, 6.45) is 0.716. The highest BCUT2D eigenvalue weighted by molar-refractivity contribution is 7.86. The lowest BCUT2D eigenvalue weighted by Gasteiger charge is -2.23. The molecule has 2 amide bonds. The van der Waals surface area contributed by atoms with Gasteiger partial charge in [0.25, 0.3) is 0 Å². The van der Waals surface area contributed by atoms with E-state index >= 15 is 0 Å². The maximum Gasteiger partial charge on any atom is 0.321 e. The van der Waals surface area contributed by atoms with Crippen LogP contribution in [0.1, 0.15) is 25.8 Å². The Labute approximate surface area is 146 Å². The Bertz CT molecular complexity index is 620. The Morgan fingerprint density at radius 2 is 1.79 bits per heavy atom. The number of hydrogen-bond acceptors (Lipinski definition) is 4. The zero-order valence-electron chi connectivity index (χ0n) is 15.0. The Balaban J connectivity index is 2.13. The highest BCUT2D eigenvalue weighted by atomic mass is 32.2. The van der Waals surface area contributed by atoms with Crippen molar-refractivity contribution in [3.8, 4) is 11.5 Å². The molecule has 0 bridgehead atoms. The smallest absolute Gasteiger partial charge is 0.321 e. The molecule has 6 nitrogen and oxygen atoms in total. The summed E-state index contributed by atoms with van der Waals surface area (Å²) in [6.45, 7) is 6.95. The van der Waals surface area contributed by atoms with E-state index in [4.69, 9.17) is 9.47 Å². The van der Waals surface area contributed by atoms with Gasteiger partial charge in [-0.3, -0.25) is 4.21 Å². The first-order valence-electron chi connectivity index (χ1n) is 7.95. The SMILES string of the molecule is COc1cc(NC(=O)N2CCS(=O)C(C)(C)CC2)cc(OC)c1C. The largest absolute Gasteiger partial charge is 0.496 e. The minimum absolute atomic E-state index is 0.197. The number of carbonyl (C=O) groups excluding carboxylic acids is 1. The van der Waals surface area contributed by atoms with Crippen molar-refractivity contribution in [2.75, 3.05) is 38.4 Å². The number of methoxy groups -OCH3 is 2. The van der Waals surface area contributed by atoms with Gasteiger partial charge >= 0.3 is 6.03 Å². The van der Waals surface area contributed by atoms with E-state index in [9.17, 15) is 9.00 Å². The van der Waals surface area contributed by atoms with Gasteiger partial charge in [-0.2, -0.15) is 0 Å². The van der Waals surface area contributed by atoms with Crippen LogP contribution in [0.3, 0.4) is 0 Å². The van der Waals surface area contributed by atoms with Crippen molar-refractivity contribution in [3.05, 3.63) is 17.7 Å². The molecule has 1 fully saturated rings. The third-order valence-electron chi connectivity index (χ3n) is 4.44. The lowest BCUT2D eigenvalue weighted by Crippen LogP contribution is -2.37. The lowest BCUT2D eigenvalue weighted by molar-refractivity contribution is 0.214. The fraction of sp³-hybridized carbons (Fsp3) is 0.588. The van der Waals surface area contributed by atoms with Crippen LogP contribution in [0.25, 0.3) is 0 Å². The molecular formula is C17H26N2O4S. The van der Waals surface area contributed by atoms with Crippen LogP contribution in [0.4, 0.5) is 10.5 Å². The summed E-state index contributed by atoms with van der Waals surface area (Å²) in [6, 6.07) is 3.35. The summed E-state index contributed by atoms with van der Waals surface area (Å²) in [4.78, 5) is 14.3. The van der Waals surface area contributed by atoms with Gasteiger partial charge in [-0.15, -0.1) is 0 Å². The van der Waals surface area contributed by atoms with Crippen molar-refractivity contribution < 1.29 is 18.5 Å². The van der Waals surface area contributed by atoms with Gasteiger partial charge in [-0.05, 0) is 27.2 Å². The highest BCUT2D eigenvalue weighted by Crippen LogP contribution is 2.32. The van der Waals surface area contributed by atoms with E-state index in [0.717, 1.165) is 5.56 Å². The van der Waals surface area contributed by atoms with Crippen LogP contribution in [0.15, 0.2) is 12.1 Å². The number of anilines is 1. The van der Waals surface area contributed by atoms with Gasteiger partial charge in [0, 0.05) is 57.8 Å². The first-order valence-corrected chi connectivity index (χ1v) is 9.27. The molecule has 1 atom stereocenters. The van der Waals surface area contributed by atoms with Crippen molar-refractivity contribution >= 4 is 22.5 Å². The molecule has 0 spiro atoms. The topological polar surface area (TPSA) is 67.9 Å². The number of nitrogens with one attached hydrogen (secondary N) is 1. The molecule has 1 aliphatic heterocycles. The van der Waals surface area contributed by atoms with E-state index in [1.165, 1.54) is 0 Å². The Hall–Kier alpha value is -1.76. The molecular weight excluding hydrogens is 328 g/mol. The van der Waals surface area contributed by atoms with E-state index in [0.29, 0.717) is 42.4 Å². The van der Waals surface area contributed by atoms with Crippen LogP contribution in [0, 0.1) is 6.92 Å². The maximum absolute atomic E-state index is 12.6. The molecule has 1 aromatic carbocycles. The van der Waals surface area contributed by atoms with Gasteiger partial charge in [-0.25, -0.2) is 4.79 Å². The number of benzene rings is 1. The molecule has 1 aromatic rings. The van der Waals surface area contributed by atoms with Crippen molar-refractivity contribution in [1.82, 2.24) is 4.90 Å². The van der Waals surface area contributed by atoms with Crippen molar-refractivity contribution in [3.63, 3.8) is 0 Å². The summed E-state index contributed by atoms with van der Waals surface area (Å²) < 4.78 is 22.6. The van der Waals surface area contributed by atoms with Gasteiger partial charge in [0.2, 0.25) is 0 Å². The standard InChI is InChI=1S/C17H26N2O4S/c1-12-14(22-4)10-13(11-15(12)23-5)18-16(20)19-7-6-17(2,3)24(21)9-8-19/h10-11H,6-9H2,1-5H3,(H,18,20). The van der Waals surface area contributed by atoms with E-state index in [-0.39, 0.29) is 10.8 Å². The van der Waals surface area contributed by atoms with Crippen LogP contribution >= 0.6 is 0 Å². The molecule has 0 saturated carbocycles. The summed E-state index contributed by atoms with van der Waals surface area (Å²) in [7, 11) is 2.24. The third kappa shape index (κ3) is 4.01. The summed E-state index contributed by atoms with van der Waals surface area (Å²) in [5.41, 5.74) is 1.49. The number of amides is 2. The first-order chi connectivity index (χ1) is 11.3. The zero-order chi connectivity index (χ0) is 17.9. The van der Waals surface area contributed by atoms with Crippen LogP contribution < -0.4 is 14.8 Å². The number of urea groups is 1. The second-order valence-corrected chi connectivity index (χ2v) is 8.69. The predicted molar refractivity (Wildman–Crippen MR) is 96.6 cm³/mol. The number of rotatable bonds is 3. The molecule has 1 N–H and O–H groups in total. The van der Waals surface area contributed by atoms with Crippen molar-refractivity contribution in [1.29, 1.82) is 0 Å². The first kappa shape index (κ1) is 18.6. The molecule has 2 rings (SSSR count). The fourth-order valence-corrected chi connectivity index (χ4v) is 3.92. The lowest BCUT2D eigenvalue weighted by atomic mass is 10.1. The van der Waals surface area contributed by atoms with Crippen LogP contribution in [0.5, 0.6) is 11.5 Å². The van der Waals surface area contributed by atoms with Gasteiger partial charge < -0.3 is 19.7 Å². The fourth-order valence-electron chi connectivity index (χ4n) is 2.66. The van der Waals surface area contributed by atoms with Crippen molar-refractivity contribution in [2.24, 2.45) is 0 Å². The van der Waals surface area contributed by atoms with Crippen molar-refractivity contribution in [2.45, 2.75) is 31.9 Å². The highest BCUT2D eigenvalue weighted by Gasteiger charge is 2.31. The summed E-state index contributed by atoms with van der Waals surface area (Å²) in [5.74, 6) is 1.81. The normalized spacial score (nSPS) is 20.2. The van der Waals surface area contributed by atoms with E-state index in [1.54, 1.807) is 31.3 Å². The monoisotopic (exact) mass is 354 g/mol. The number of ether oxygens (including phenoxy) is 2. The Kier molecular flexibility index (Phi) is 5.74. The predicted octanol–water partition coefficient (Wildman–Crippen LogP) is 2.78. The average Bonchev–Trinajstić information content (AvgIpc) is 2.68. The number of nitrogens with zero attached hydrogens (tertiary/aromatic N) is 1. The summed E-state index contributed by atoms with van der Waals surface area (Å²) >= 11 is 0. The molecule has 0 radical (unpaired) electrons. The second kappa shape index (κ2) is 7.42. The van der Waals surface area contributed by atoms with Gasteiger partial charge in [-0.1, -0.05) is 0 Å². The molecule has 1 unspecified atom stereocenters. The Morgan fingerprint density at radius 1 is 1.21 bits per heavy atom. The summed E-state index contributed by atoms with van der Waals surface area (Å²) in [5, 5.41) is 2.89. The Morgan fingerprint density at radius 3 is 2.33 bits per heavy atom.